The molecular formula is C15H17BrFN7O3S. The molecule has 1 atom stereocenters. The molecule has 0 bridgehead atoms. The van der Waals surface area contributed by atoms with Gasteiger partial charge in [-0.3, -0.25) is 10.7 Å². The van der Waals surface area contributed by atoms with Crippen LogP contribution >= 0.6 is 15.9 Å². The van der Waals surface area contributed by atoms with Crippen molar-refractivity contribution >= 4 is 43.0 Å². The van der Waals surface area contributed by atoms with Crippen molar-refractivity contribution in [3.8, 4) is 6.19 Å². The molecular weight excluding hydrogens is 457 g/mol. The number of nitrogens with one attached hydrogen (secondary N) is 2. The third-order valence-electron chi connectivity index (χ3n) is 3.44. The average Bonchev–Trinajstić information content (AvgIpc) is 3.10. The van der Waals surface area contributed by atoms with E-state index in [0.29, 0.717) is 30.8 Å². The summed E-state index contributed by atoms with van der Waals surface area (Å²) in [6.07, 6.45) is 4.20. The molecule has 0 saturated heterocycles. The molecule has 0 radical (unpaired) electrons. The number of halogens is 2. The number of rotatable bonds is 8. The maximum atomic E-state index is 13.3. The Labute approximate surface area is 169 Å². The van der Waals surface area contributed by atoms with Crippen molar-refractivity contribution in [2.45, 2.75) is 12.8 Å². The van der Waals surface area contributed by atoms with Crippen LogP contribution in [0.25, 0.3) is 0 Å². The number of nitriles is 1. The molecule has 0 spiro atoms. The largest absolute Gasteiger partial charge is 0.365 e. The van der Waals surface area contributed by atoms with Crippen molar-refractivity contribution < 1.29 is 18.4 Å². The highest BCUT2D eigenvalue weighted by Crippen LogP contribution is 2.23. The summed E-state index contributed by atoms with van der Waals surface area (Å²) in [4.78, 5) is 4.15. The number of nitrogens with zero attached hydrogens (tertiary/aromatic N) is 5. The Hall–Kier alpha value is -2.56. The van der Waals surface area contributed by atoms with Gasteiger partial charge in [0, 0.05) is 18.6 Å². The van der Waals surface area contributed by atoms with Gasteiger partial charge in [-0.15, -0.1) is 4.36 Å². The monoisotopic (exact) mass is 473 g/mol. The Bertz CT molecular complexity index is 1010. The lowest BCUT2D eigenvalue weighted by atomic mass is 10.3. The van der Waals surface area contributed by atoms with E-state index >= 15 is 0 Å². The summed E-state index contributed by atoms with van der Waals surface area (Å²) >= 11 is 3.06. The predicted molar refractivity (Wildman–Crippen MR) is 104 cm³/mol. The van der Waals surface area contributed by atoms with Crippen LogP contribution in [0.15, 0.2) is 36.7 Å². The second-order valence-electron chi connectivity index (χ2n) is 5.62. The van der Waals surface area contributed by atoms with Gasteiger partial charge >= 0.3 is 0 Å². The van der Waals surface area contributed by atoms with Crippen LogP contribution in [-0.2, 0) is 9.73 Å². The zero-order valence-electron chi connectivity index (χ0n) is 14.7. The number of aromatic nitrogens is 2. The van der Waals surface area contributed by atoms with Crippen LogP contribution in [0.1, 0.15) is 18.5 Å². The maximum Gasteiger partial charge on any atom is 0.214 e. The third kappa shape index (κ3) is 6.25. The van der Waals surface area contributed by atoms with Crippen molar-refractivity contribution in [3.63, 3.8) is 0 Å². The SMILES string of the molecule is CS(=O)(CCCCNc1nonc1C(=Nc1ccc(F)c(Br)c1)NO)=NC#N. The highest BCUT2D eigenvalue weighted by Gasteiger charge is 2.16. The molecule has 0 fully saturated rings. The van der Waals surface area contributed by atoms with Gasteiger partial charge < -0.3 is 5.32 Å². The number of aliphatic imine (C=N–C) groups is 1. The van der Waals surface area contributed by atoms with Crippen molar-refractivity contribution in [2.75, 3.05) is 23.9 Å². The minimum Gasteiger partial charge on any atom is -0.365 e. The van der Waals surface area contributed by atoms with Gasteiger partial charge in [-0.25, -0.2) is 18.2 Å². The van der Waals surface area contributed by atoms with Crippen LogP contribution in [0, 0.1) is 17.3 Å². The molecule has 1 heterocycles. The van der Waals surface area contributed by atoms with Crippen LogP contribution in [0.4, 0.5) is 15.9 Å². The Balaban J connectivity index is 2.02. The fourth-order valence-corrected chi connectivity index (χ4v) is 3.48. The lowest BCUT2D eigenvalue weighted by molar-refractivity contribution is 0.234. The van der Waals surface area contributed by atoms with E-state index in [9.17, 15) is 13.8 Å². The molecule has 3 N–H and O–H groups in total. The fraction of sp³-hybridized carbons (Fsp3) is 0.333. The normalized spacial score (nSPS) is 13.5. The predicted octanol–water partition coefficient (Wildman–Crippen LogP) is 2.80. The Morgan fingerprint density at radius 1 is 1.46 bits per heavy atom. The number of hydroxylamine groups is 1. The average molecular weight is 474 g/mol. The summed E-state index contributed by atoms with van der Waals surface area (Å²) in [6.45, 7) is 0.449. The quantitative estimate of drug-likeness (QED) is 0.174. The second kappa shape index (κ2) is 10.1. The van der Waals surface area contributed by atoms with Gasteiger partial charge in [0.25, 0.3) is 0 Å². The number of hydrogen-bond donors (Lipinski definition) is 3. The molecule has 28 heavy (non-hydrogen) atoms. The summed E-state index contributed by atoms with van der Waals surface area (Å²) in [5, 5.41) is 28.3. The first kappa shape index (κ1) is 21.7. The number of benzene rings is 1. The molecule has 0 saturated carbocycles. The molecule has 13 heteroatoms. The zero-order valence-corrected chi connectivity index (χ0v) is 17.1. The van der Waals surface area contributed by atoms with Crippen LogP contribution in [0.3, 0.4) is 0 Å². The topological polar surface area (TPSA) is 149 Å². The lowest BCUT2D eigenvalue weighted by Gasteiger charge is -2.06. The van der Waals surface area contributed by atoms with E-state index in [-0.39, 0.29) is 21.8 Å². The van der Waals surface area contributed by atoms with Gasteiger partial charge in [0.15, 0.2) is 11.5 Å². The minimum absolute atomic E-state index is 0.0494. The first-order valence-electron chi connectivity index (χ1n) is 7.95. The first-order chi connectivity index (χ1) is 13.4. The van der Waals surface area contributed by atoms with Crippen molar-refractivity contribution in [1.82, 2.24) is 15.8 Å². The summed E-state index contributed by atoms with van der Waals surface area (Å²) < 4.78 is 33.5. The van der Waals surface area contributed by atoms with Gasteiger partial charge in [-0.1, -0.05) is 0 Å². The summed E-state index contributed by atoms with van der Waals surface area (Å²) in [6, 6.07) is 4.08. The van der Waals surface area contributed by atoms with E-state index < -0.39 is 15.5 Å². The lowest BCUT2D eigenvalue weighted by Crippen LogP contribution is -2.22. The zero-order chi connectivity index (χ0) is 20.6. The molecule has 10 nitrogen and oxygen atoms in total. The number of hydrogen-bond acceptors (Lipinski definition) is 9. The van der Waals surface area contributed by atoms with Gasteiger partial charge in [0.05, 0.1) is 19.9 Å². The van der Waals surface area contributed by atoms with Crippen LogP contribution < -0.4 is 10.8 Å². The van der Waals surface area contributed by atoms with E-state index in [1.54, 1.807) is 6.19 Å². The summed E-state index contributed by atoms with van der Waals surface area (Å²) in [5.74, 6) is 0.0461. The second-order valence-corrected chi connectivity index (χ2v) is 8.98. The molecule has 0 aliphatic carbocycles. The number of unbranched alkanes of at least 4 members (excludes halogenated alkanes) is 1. The number of amidine groups is 1. The molecule has 0 aliphatic rings. The minimum atomic E-state index is -2.49. The van der Waals surface area contributed by atoms with E-state index in [1.165, 1.54) is 24.5 Å². The fourth-order valence-electron chi connectivity index (χ4n) is 2.11. The van der Waals surface area contributed by atoms with Gasteiger partial charge in [0.2, 0.25) is 12.0 Å². The molecule has 150 valence electrons. The van der Waals surface area contributed by atoms with Crippen molar-refractivity contribution in [3.05, 3.63) is 34.2 Å². The molecule has 1 unspecified atom stereocenters. The van der Waals surface area contributed by atoms with Crippen molar-refractivity contribution in [1.29, 1.82) is 5.26 Å². The third-order valence-corrected chi connectivity index (χ3v) is 5.56. The summed E-state index contributed by atoms with van der Waals surface area (Å²) in [7, 11) is -2.49. The van der Waals surface area contributed by atoms with Gasteiger partial charge in [-0.2, -0.15) is 5.26 Å². The first-order valence-corrected chi connectivity index (χ1v) is 10.8. The maximum absolute atomic E-state index is 13.3. The Morgan fingerprint density at radius 3 is 2.93 bits per heavy atom. The summed E-state index contributed by atoms with van der Waals surface area (Å²) in [5.41, 5.74) is 2.41. The van der Waals surface area contributed by atoms with E-state index in [4.69, 9.17) is 9.89 Å². The standard InChI is InChI=1S/C15H17BrFN7O3S/c1-28(26,20-9-18)7-3-2-6-19-14-13(23-27-24-14)15(22-25)21-10-4-5-12(17)11(16)8-10/h4-5,8,25H,2-3,6-7H2,1H3,(H,19,24)(H,21,22). The molecule has 2 rings (SSSR count). The highest BCUT2D eigenvalue weighted by molar-refractivity contribution is 9.10. The highest BCUT2D eigenvalue weighted by atomic mass is 79.9. The van der Waals surface area contributed by atoms with Crippen LogP contribution in [-0.4, -0.2) is 44.1 Å². The molecule has 0 amide bonds. The molecule has 2 aromatic rings. The Morgan fingerprint density at radius 2 is 2.25 bits per heavy atom. The van der Waals surface area contributed by atoms with Crippen LogP contribution in [0.2, 0.25) is 0 Å². The van der Waals surface area contributed by atoms with E-state index in [0.717, 1.165) is 0 Å². The smallest absolute Gasteiger partial charge is 0.214 e. The van der Waals surface area contributed by atoms with E-state index in [1.807, 2.05) is 5.48 Å². The Kier molecular flexibility index (Phi) is 7.85. The molecule has 1 aromatic carbocycles. The van der Waals surface area contributed by atoms with Gasteiger partial charge in [0.1, 0.15) is 5.82 Å². The van der Waals surface area contributed by atoms with Crippen LogP contribution in [0.5, 0.6) is 0 Å². The number of anilines is 1. The molecule has 0 aliphatic heterocycles. The van der Waals surface area contributed by atoms with E-state index in [2.05, 4.69) is 40.9 Å². The van der Waals surface area contributed by atoms with Gasteiger partial charge in [-0.05, 0) is 57.3 Å². The molecule has 1 aromatic heterocycles. The van der Waals surface area contributed by atoms with Crippen molar-refractivity contribution in [2.24, 2.45) is 9.36 Å².